The van der Waals surface area contributed by atoms with Gasteiger partial charge in [-0.3, -0.25) is 0 Å². The lowest BCUT2D eigenvalue weighted by atomic mass is 9.92. The fourth-order valence-corrected chi connectivity index (χ4v) is 4.95. The number of halogens is 1. The van der Waals surface area contributed by atoms with E-state index in [9.17, 15) is 8.42 Å². The fraction of sp³-hybridized carbons (Fsp3) is 0.263. The Morgan fingerprint density at radius 1 is 1.16 bits per heavy atom. The van der Waals surface area contributed by atoms with Crippen LogP contribution >= 0.6 is 11.6 Å². The van der Waals surface area contributed by atoms with E-state index < -0.39 is 10.0 Å². The van der Waals surface area contributed by atoms with Gasteiger partial charge in [-0.2, -0.15) is 0 Å². The molecule has 4 rings (SSSR count). The molecule has 0 saturated carbocycles. The Morgan fingerprint density at radius 3 is 2.68 bits per heavy atom. The molecular formula is C19H19ClN2O2S. The van der Waals surface area contributed by atoms with Gasteiger partial charge in [-0.05, 0) is 56.0 Å². The largest absolute Gasteiger partial charge is 0.358 e. The molecule has 2 aromatic carbocycles. The second-order valence-electron chi connectivity index (χ2n) is 6.65. The molecule has 130 valence electrons. The van der Waals surface area contributed by atoms with Crippen molar-refractivity contribution in [2.24, 2.45) is 0 Å². The van der Waals surface area contributed by atoms with Crippen LogP contribution in [-0.2, 0) is 22.9 Å². The molecule has 25 heavy (non-hydrogen) atoms. The minimum atomic E-state index is -3.50. The molecule has 0 aliphatic heterocycles. The Morgan fingerprint density at radius 2 is 1.92 bits per heavy atom. The lowest BCUT2D eigenvalue weighted by Gasteiger charge is -2.23. The summed E-state index contributed by atoms with van der Waals surface area (Å²) in [5.41, 5.74) is 4.43. The topological polar surface area (TPSA) is 62.0 Å². The Bertz CT molecular complexity index is 1040. The summed E-state index contributed by atoms with van der Waals surface area (Å²) in [7, 11) is -3.50. The minimum absolute atomic E-state index is 0.103. The summed E-state index contributed by atoms with van der Waals surface area (Å²) >= 11 is 6.07. The van der Waals surface area contributed by atoms with Crippen LogP contribution < -0.4 is 4.72 Å². The van der Waals surface area contributed by atoms with Crippen molar-refractivity contribution in [2.45, 2.75) is 37.1 Å². The maximum Gasteiger partial charge on any atom is 0.240 e. The Labute approximate surface area is 152 Å². The maximum absolute atomic E-state index is 12.6. The van der Waals surface area contributed by atoms with Gasteiger partial charge in [-0.1, -0.05) is 35.4 Å². The molecule has 4 nitrogen and oxygen atoms in total. The fourth-order valence-electron chi connectivity index (χ4n) is 3.50. The summed E-state index contributed by atoms with van der Waals surface area (Å²) in [6.07, 6.45) is 2.28. The SMILES string of the molecule is Cc1ccc(S(=O)(=O)NC2CCc3[nH]c4cc(Cl)ccc4c3C2)cc1. The van der Waals surface area contributed by atoms with Crippen molar-refractivity contribution in [1.82, 2.24) is 9.71 Å². The number of sulfonamides is 1. The Hall–Kier alpha value is -1.82. The number of benzene rings is 2. The van der Waals surface area contributed by atoms with Crippen molar-refractivity contribution in [1.29, 1.82) is 0 Å². The summed E-state index contributed by atoms with van der Waals surface area (Å²) in [6.45, 7) is 1.94. The van der Waals surface area contributed by atoms with Crippen LogP contribution in [-0.4, -0.2) is 19.4 Å². The van der Waals surface area contributed by atoms with Crippen molar-refractivity contribution < 1.29 is 8.42 Å². The van der Waals surface area contributed by atoms with E-state index in [1.807, 2.05) is 37.3 Å². The van der Waals surface area contributed by atoms with E-state index in [2.05, 4.69) is 9.71 Å². The smallest absolute Gasteiger partial charge is 0.240 e. The first kappa shape index (κ1) is 16.6. The molecule has 1 aromatic heterocycles. The van der Waals surface area contributed by atoms with E-state index in [4.69, 9.17) is 11.6 Å². The summed E-state index contributed by atoms with van der Waals surface area (Å²) in [5.74, 6) is 0. The zero-order valence-electron chi connectivity index (χ0n) is 13.8. The summed E-state index contributed by atoms with van der Waals surface area (Å²) < 4.78 is 28.1. The zero-order chi connectivity index (χ0) is 17.6. The third-order valence-electron chi connectivity index (χ3n) is 4.80. The highest BCUT2D eigenvalue weighted by Gasteiger charge is 2.26. The lowest BCUT2D eigenvalue weighted by molar-refractivity contribution is 0.506. The van der Waals surface area contributed by atoms with Crippen LogP contribution in [0.5, 0.6) is 0 Å². The quantitative estimate of drug-likeness (QED) is 0.728. The molecule has 0 radical (unpaired) electrons. The maximum atomic E-state index is 12.6. The van der Waals surface area contributed by atoms with Gasteiger partial charge in [0, 0.05) is 27.7 Å². The van der Waals surface area contributed by atoms with E-state index in [0.29, 0.717) is 16.3 Å². The van der Waals surface area contributed by atoms with Crippen molar-refractivity contribution in [3.8, 4) is 0 Å². The number of nitrogens with one attached hydrogen (secondary N) is 2. The number of hydrogen-bond acceptors (Lipinski definition) is 2. The lowest BCUT2D eigenvalue weighted by Crippen LogP contribution is -2.38. The molecule has 0 bridgehead atoms. The predicted octanol–water partition coefficient (Wildman–Crippen LogP) is 3.97. The Balaban J connectivity index is 1.60. The molecule has 0 amide bonds. The molecule has 1 atom stereocenters. The van der Waals surface area contributed by atoms with Crippen molar-refractivity contribution in [2.75, 3.05) is 0 Å². The molecule has 3 aromatic rings. The normalized spacial score (nSPS) is 17.6. The molecule has 0 fully saturated rings. The third-order valence-corrected chi connectivity index (χ3v) is 6.57. The predicted molar refractivity (Wildman–Crippen MR) is 101 cm³/mol. The second-order valence-corrected chi connectivity index (χ2v) is 8.80. The number of aromatic amines is 1. The monoisotopic (exact) mass is 374 g/mol. The minimum Gasteiger partial charge on any atom is -0.358 e. The van der Waals surface area contributed by atoms with E-state index >= 15 is 0 Å². The van der Waals surface area contributed by atoms with Crippen LogP contribution in [0.25, 0.3) is 10.9 Å². The van der Waals surface area contributed by atoms with Crippen molar-refractivity contribution >= 4 is 32.5 Å². The molecule has 1 aliphatic carbocycles. The van der Waals surface area contributed by atoms with Crippen LogP contribution in [0, 0.1) is 6.92 Å². The average Bonchev–Trinajstić information content (AvgIpc) is 2.91. The molecule has 0 saturated heterocycles. The molecule has 1 aliphatic rings. The van der Waals surface area contributed by atoms with E-state index in [0.717, 1.165) is 29.3 Å². The van der Waals surface area contributed by atoms with E-state index in [-0.39, 0.29) is 6.04 Å². The standard InChI is InChI=1S/C19H19ClN2O2S/c1-12-2-6-15(7-3-12)25(23,24)22-14-5-9-18-17(11-14)16-8-4-13(20)10-19(16)21-18/h2-4,6-8,10,14,21-22H,5,9,11H2,1H3. The van der Waals surface area contributed by atoms with E-state index in [1.54, 1.807) is 12.1 Å². The molecule has 6 heteroatoms. The van der Waals surface area contributed by atoms with Gasteiger partial charge in [0.05, 0.1) is 4.90 Å². The highest BCUT2D eigenvalue weighted by molar-refractivity contribution is 7.89. The first-order valence-corrected chi connectivity index (χ1v) is 10.2. The van der Waals surface area contributed by atoms with Crippen molar-refractivity contribution in [3.63, 3.8) is 0 Å². The highest BCUT2D eigenvalue weighted by Crippen LogP contribution is 2.31. The zero-order valence-corrected chi connectivity index (χ0v) is 15.4. The number of H-pyrrole nitrogens is 1. The van der Waals surface area contributed by atoms with Gasteiger partial charge in [0.25, 0.3) is 0 Å². The second kappa shape index (κ2) is 6.16. The van der Waals surface area contributed by atoms with Gasteiger partial charge in [0.15, 0.2) is 0 Å². The molecule has 1 heterocycles. The molecule has 0 spiro atoms. The molecule has 1 unspecified atom stereocenters. The number of aryl methyl sites for hydroxylation is 2. The van der Waals surface area contributed by atoms with Gasteiger partial charge >= 0.3 is 0 Å². The van der Waals surface area contributed by atoms with E-state index in [1.165, 1.54) is 11.3 Å². The highest BCUT2D eigenvalue weighted by atomic mass is 35.5. The van der Waals surface area contributed by atoms with Gasteiger partial charge in [-0.15, -0.1) is 0 Å². The molecular weight excluding hydrogens is 356 g/mol. The van der Waals surface area contributed by atoms with Gasteiger partial charge in [-0.25, -0.2) is 13.1 Å². The van der Waals surface area contributed by atoms with Gasteiger partial charge in [0.2, 0.25) is 10.0 Å². The number of hydrogen-bond donors (Lipinski definition) is 2. The third kappa shape index (κ3) is 3.19. The number of rotatable bonds is 3. The van der Waals surface area contributed by atoms with Crippen LogP contribution in [0.4, 0.5) is 0 Å². The number of aromatic nitrogens is 1. The summed E-state index contributed by atoms with van der Waals surface area (Å²) in [4.78, 5) is 3.73. The average molecular weight is 375 g/mol. The van der Waals surface area contributed by atoms with Crippen LogP contribution in [0.15, 0.2) is 47.4 Å². The summed E-state index contributed by atoms with van der Waals surface area (Å²) in [6, 6.07) is 12.6. The Kier molecular flexibility index (Phi) is 4.10. The first-order valence-electron chi connectivity index (χ1n) is 8.30. The van der Waals surface area contributed by atoms with Crippen LogP contribution in [0.2, 0.25) is 5.02 Å². The van der Waals surface area contributed by atoms with Crippen LogP contribution in [0.3, 0.4) is 0 Å². The van der Waals surface area contributed by atoms with Crippen LogP contribution in [0.1, 0.15) is 23.2 Å². The number of fused-ring (bicyclic) bond motifs is 3. The van der Waals surface area contributed by atoms with Crippen molar-refractivity contribution in [3.05, 3.63) is 64.3 Å². The van der Waals surface area contributed by atoms with Gasteiger partial charge in [0.1, 0.15) is 0 Å². The molecule has 2 N–H and O–H groups in total. The summed E-state index contributed by atoms with van der Waals surface area (Å²) in [5, 5.41) is 1.82. The van der Waals surface area contributed by atoms with Gasteiger partial charge < -0.3 is 4.98 Å². The first-order chi connectivity index (χ1) is 11.9.